The van der Waals surface area contributed by atoms with E-state index < -0.39 is 17.4 Å². The minimum absolute atomic E-state index is 0.0445. The molecule has 0 heterocycles. The molecule has 0 fully saturated rings. The molecule has 0 saturated carbocycles. The number of hydrogen-bond acceptors (Lipinski definition) is 2. The molecule has 0 spiro atoms. The number of hydrogen-bond donors (Lipinski definition) is 3. The van der Waals surface area contributed by atoms with Gasteiger partial charge in [0.1, 0.15) is 0 Å². The maximum Gasteiger partial charge on any atom is 0.319 e. The minimum atomic E-state index is -0.983. The summed E-state index contributed by atoms with van der Waals surface area (Å²) in [6.07, 6.45) is 0.420. The quantitative estimate of drug-likeness (QED) is 0.746. The number of amides is 2. The van der Waals surface area contributed by atoms with E-state index in [2.05, 4.69) is 26.6 Å². The van der Waals surface area contributed by atoms with Gasteiger partial charge < -0.3 is 15.7 Å². The van der Waals surface area contributed by atoms with Gasteiger partial charge in [0.15, 0.2) is 0 Å². The van der Waals surface area contributed by atoms with Gasteiger partial charge >= 0.3 is 12.0 Å². The topological polar surface area (TPSA) is 78.4 Å². The highest BCUT2D eigenvalue weighted by Gasteiger charge is 2.31. The molecular formula is C13H16BrClN2O3. The number of anilines is 1. The SMILES string of the molecule is CCC(C)(CNC(=O)Nc1cccc(Cl)c1Br)C(=O)O. The summed E-state index contributed by atoms with van der Waals surface area (Å²) < 4.78 is 0.577. The van der Waals surface area contributed by atoms with E-state index in [-0.39, 0.29) is 6.54 Å². The van der Waals surface area contributed by atoms with Gasteiger partial charge in [-0.05, 0) is 41.4 Å². The first-order valence-electron chi connectivity index (χ1n) is 6.02. The molecule has 0 radical (unpaired) electrons. The molecule has 1 unspecified atom stereocenters. The molecular weight excluding hydrogens is 348 g/mol. The second-order valence-corrected chi connectivity index (χ2v) is 5.83. The summed E-state index contributed by atoms with van der Waals surface area (Å²) in [5.41, 5.74) is -0.466. The maximum absolute atomic E-state index is 11.8. The number of halogens is 2. The zero-order chi connectivity index (χ0) is 15.3. The monoisotopic (exact) mass is 362 g/mol. The summed E-state index contributed by atoms with van der Waals surface area (Å²) in [6.45, 7) is 3.40. The van der Waals surface area contributed by atoms with Gasteiger partial charge in [-0.3, -0.25) is 4.79 Å². The molecule has 5 nitrogen and oxygen atoms in total. The van der Waals surface area contributed by atoms with E-state index in [0.717, 1.165) is 0 Å². The van der Waals surface area contributed by atoms with E-state index in [1.807, 2.05) is 0 Å². The van der Waals surface area contributed by atoms with Crippen LogP contribution < -0.4 is 10.6 Å². The summed E-state index contributed by atoms with van der Waals surface area (Å²) in [5.74, 6) is -0.941. The molecule has 20 heavy (non-hydrogen) atoms. The van der Waals surface area contributed by atoms with Crippen LogP contribution in [0.3, 0.4) is 0 Å². The van der Waals surface area contributed by atoms with Crippen molar-refractivity contribution in [2.24, 2.45) is 5.41 Å². The predicted molar refractivity (Wildman–Crippen MR) is 82.2 cm³/mol. The van der Waals surface area contributed by atoms with Crippen molar-refractivity contribution in [1.29, 1.82) is 0 Å². The van der Waals surface area contributed by atoms with Crippen molar-refractivity contribution in [1.82, 2.24) is 5.32 Å². The number of benzene rings is 1. The van der Waals surface area contributed by atoms with E-state index >= 15 is 0 Å². The zero-order valence-corrected chi connectivity index (χ0v) is 13.5. The van der Waals surface area contributed by atoms with E-state index in [1.54, 1.807) is 32.0 Å². The van der Waals surface area contributed by atoms with Gasteiger partial charge in [0.25, 0.3) is 0 Å². The molecule has 0 saturated heterocycles. The predicted octanol–water partition coefficient (Wildman–Crippen LogP) is 3.72. The molecule has 0 bridgehead atoms. The Morgan fingerprint density at radius 2 is 2.10 bits per heavy atom. The highest BCUT2D eigenvalue weighted by molar-refractivity contribution is 9.10. The fraction of sp³-hybridized carbons (Fsp3) is 0.385. The summed E-state index contributed by atoms with van der Waals surface area (Å²) >= 11 is 9.18. The molecule has 110 valence electrons. The average Bonchev–Trinajstić information content (AvgIpc) is 2.41. The van der Waals surface area contributed by atoms with Crippen molar-refractivity contribution in [3.05, 3.63) is 27.7 Å². The summed E-state index contributed by atoms with van der Waals surface area (Å²) in [7, 11) is 0. The lowest BCUT2D eigenvalue weighted by Crippen LogP contribution is -2.42. The highest BCUT2D eigenvalue weighted by atomic mass is 79.9. The van der Waals surface area contributed by atoms with Crippen LogP contribution in [0, 0.1) is 5.41 Å². The molecule has 1 atom stereocenters. The Morgan fingerprint density at radius 3 is 2.65 bits per heavy atom. The van der Waals surface area contributed by atoms with Gasteiger partial charge in [0.2, 0.25) is 0 Å². The first kappa shape index (κ1) is 16.8. The smallest absolute Gasteiger partial charge is 0.319 e. The molecule has 1 aromatic rings. The largest absolute Gasteiger partial charge is 0.481 e. The number of carboxylic acids is 1. The molecule has 0 aliphatic heterocycles. The van der Waals surface area contributed by atoms with Crippen LogP contribution in [0.15, 0.2) is 22.7 Å². The average molecular weight is 364 g/mol. The Labute approximate surface area is 130 Å². The zero-order valence-electron chi connectivity index (χ0n) is 11.2. The van der Waals surface area contributed by atoms with Gasteiger partial charge in [0.05, 0.1) is 20.6 Å². The number of nitrogens with one attached hydrogen (secondary N) is 2. The number of carbonyl (C=O) groups excluding carboxylic acids is 1. The van der Waals surface area contributed by atoms with Crippen LogP contribution in [-0.4, -0.2) is 23.7 Å². The molecule has 0 aliphatic rings. The third-order valence-electron chi connectivity index (χ3n) is 3.14. The van der Waals surface area contributed by atoms with Crippen molar-refractivity contribution < 1.29 is 14.7 Å². The third kappa shape index (κ3) is 4.11. The van der Waals surface area contributed by atoms with E-state index in [1.165, 1.54) is 0 Å². The summed E-state index contributed by atoms with van der Waals surface area (Å²) in [5, 5.41) is 14.8. The Balaban J connectivity index is 2.65. The standard InChI is InChI=1S/C13H16BrClN2O3/c1-3-13(2,11(18)19)7-16-12(20)17-9-6-4-5-8(15)10(9)14/h4-6H,3,7H2,1-2H3,(H,18,19)(H2,16,17,20). The third-order valence-corrected chi connectivity index (χ3v) is 4.53. The second-order valence-electron chi connectivity index (χ2n) is 4.63. The fourth-order valence-corrected chi connectivity index (χ4v) is 1.93. The Kier molecular flexibility index (Phi) is 5.83. The molecule has 1 rings (SSSR count). The van der Waals surface area contributed by atoms with Gasteiger partial charge in [-0.2, -0.15) is 0 Å². The second kappa shape index (κ2) is 6.95. The number of rotatable bonds is 5. The van der Waals surface area contributed by atoms with Crippen LogP contribution in [0.2, 0.25) is 5.02 Å². The maximum atomic E-state index is 11.8. The summed E-state index contributed by atoms with van der Waals surface area (Å²) in [4.78, 5) is 22.9. The van der Waals surface area contributed by atoms with E-state index in [0.29, 0.717) is 21.6 Å². The van der Waals surface area contributed by atoms with Crippen molar-refractivity contribution >= 4 is 45.2 Å². The molecule has 2 amide bonds. The van der Waals surface area contributed by atoms with Gasteiger partial charge in [-0.25, -0.2) is 4.79 Å². The van der Waals surface area contributed by atoms with Crippen LogP contribution in [0.1, 0.15) is 20.3 Å². The molecule has 0 aliphatic carbocycles. The lowest BCUT2D eigenvalue weighted by atomic mass is 9.88. The van der Waals surface area contributed by atoms with Crippen LogP contribution in [-0.2, 0) is 4.79 Å². The highest BCUT2D eigenvalue weighted by Crippen LogP contribution is 2.30. The lowest BCUT2D eigenvalue weighted by molar-refractivity contribution is -0.147. The molecule has 3 N–H and O–H groups in total. The lowest BCUT2D eigenvalue weighted by Gasteiger charge is -2.23. The van der Waals surface area contributed by atoms with Crippen molar-refractivity contribution in [3.63, 3.8) is 0 Å². The Morgan fingerprint density at radius 1 is 1.45 bits per heavy atom. The normalized spacial score (nSPS) is 13.4. The Bertz CT molecular complexity index is 524. The molecule has 7 heteroatoms. The van der Waals surface area contributed by atoms with Crippen LogP contribution in [0.5, 0.6) is 0 Å². The first-order chi connectivity index (χ1) is 9.30. The van der Waals surface area contributed by atoms with Crippen molar-refractivity contribution in [2.45, 2.75) is 20.3 Å². The van der Waals surface area contributed by atoms with Gasteiger partial charge in [0, 0.05) is 6.54 Å². The van der Waals surface area contributed by atoms with Crippen molar-refractivity contribution in [3.8, 4) is 0 Å². The minimum Gasteiger partial charge on any atom is -0.481 e. The van der Waals surface area contributed by atoms with Crippen LogP contribution in [0.4, 0.5) is 10.5 Å². The summed E-state index contributed by atoms with van der Waals surface area (Å²) in [6, 6.07) is 4.60. The van der Waals surface area contributed by atoms with Gasteiger partial charge in [-0.1, -0.05) is 24.6 Å². The number of aliphatic carboxylic acids is 1. The van der Waals surface area contributed by atoms with Crippen LogP contribution >= 0.6 is 27.5 Å². The van der Waals surface area contributed by atoms with Crippen LogP contribution in [0.25, 0.3) is 0 Å². The van der Waals surface area contributed by atoms with E-state index in [9.17, 15) is 9.59 Å². The number of urea groups is 1. The van der Waals surface area contributed by atoms with Gasteiger partial charge in [-0.15, -0.1) is 0 Å². The first-order valence-corrected chi connectivity index (χ1v) is 7.19. The van der Waals surface area contributed by atoms with E-state index in [4.69, 9.17) is 16.7 Å². The van der Waals surface area contributed by atoms with Crippen molar-refractivity contribution in [2.75, 3.05) is 11.9 Å². The molecule has 1 aromatic carbocycles. The fourth-order valence-electron chi connectivity index (χ4n) is 1.39. The molecule has 0 aromatic heterocycles. The Hall–Kier alpha value is -1.27. The number of carboxylic acid groups (broad SMARTS) is 1. The number of carbonyl (C=O) groups is 2.